The Kier molecular flexibility index (Phi) is 5.00. The number of carboxylic acids is 1. The van der Waals surface area contributed by atoms with Gasteiger partial charge in [0.05, 0.1) is 12.8 Å². The molecule has 0 aliphatic rings. The second-order valence-electron chi connectivity index (χ2n) is 6.04. The highest BCUT2D eigenvalue weighted by molar-refractivity contribution is 7.12. The van der Waals surface area contributed by atoms with E-state index in [1.54, 1.807) is 35.2 Å². The van der Waals surface area contributed by atoms with Crippen molar-refractivity contribution in [1.82, 2.24) is 9.78 Å². The first kappa shape index (κ1) is 18.7. The number of anilines is 1. The zero-order valence-corrected chi connectivity index (χ0v) is 16.2. The number of carboxylic acid groups (broad SMARTS) is 1. The monoisotopic (exact) mass is 385 g/mol. The number of carbonyl (C=O) groups excluding carboxylic acids is 1. The molecule has 2 N–H and O–H groups in total. The van der Waals surface area contributed by atoms with Crippen molar-refractivity contribution in [1.29, 1.82) is 0 Å². The van der Waals surface area contributed by atoms with Gasteiger partial charge in [-0.3, -0.25) is 9.48 Å². The molecule has 140 valence electrons. The number of hydrogen-bond acceptors (Lipinski definition) is 5. The van der Waals surface area contributed by atoms with Crippen LogP contribution >= 0.6 is 11.3 Å². The van der Waals surface area contributed by atoms with Gasteiger partial charge in [0.2, 0.25) is 0 Å². The smallest absolute Gasteiger partial charge is 0.339 e. The first-order chi connectivity index (χ1) is 12.8. The van der Waals surface area contributed by atoms with Crippen molar-refractivity contribution in [3.8, 4) is 17.0 Å². The lowest BCUT2D eigenvalue weighted by molar-refractivity contribution is 0.0693. The number of ether oxygens (including phenoxy) is 1. The third kappa shape index (κ3) is 3.70. The largest absolute Gasteiger partial charge is 0.496 e. The lowest BCUT2D eigenvalue weighted by Gasteiger charge is -2.08. The number of hydrogen-bond donors (Lipinski definition) is 2. The van der Waals surface area contributed by atoms with E-state index >= 15 is 0 Å². The summed E-state index contributed by atoms with van der Waals surface area (Å²) >= 11 is 1.69. The second kappa shape index (κ2) is 7.24. The zero-order chi connectivity index (χ0) is 19.7. The standard InChI is InChI=1S/C19H19N3O4S/c1-10-7-13(11(2)27-10)16-9-15(21-22(16)3)18(23)20-12-5-6-17(26-4)14(8-12)19(24)25/h5-9H,1-4H3,(H,20,23)(H,24,25). The van der Waals surface area contributed by atoms with Crippen molar-refractivity contribution >= 4 is 28.9 Å². The molecule has 0 spiro atoms. The van der Waals surface area contributed by atoms with Crippen LogP contribution in [0.3, 0.4) is 0 Å². The number of aryl methyl sites for hydroxylation is 3. The summed E-state index contributed by atoms with van der Waals surface area (Å²) in [6.07, 6.45) is 0. The molecule has 0 unspecified atom stereocenters. The number of nitrogens with one attached hydrogen (secondary N) is 1. The molecule has 0 aliphatic carbocycles. The van der Waals surface area contributed by atoms with Gasteiger partial charge in [-0.2, -0.15) is 5.10 Å². The summed E-state index contributed by atoms with van der Waals surface area (Å²) in [5.41, 5.74) is 2.48. The molecule has 0 fully saturated rings. The lowest BCUT2D eigenvalue weighted by atomic mass is 10.1. The molecule has 8 heteroatoms. The van der Waals surface area contributed by atoms with Crippen LogP contribution < -0.4 is 10.1 Å². The molecule has 3 aromatic rings. The Morgan fingerprint density at radius 1 is 1.22 bits per heavy atom. The molecule has 0 atom stereocenters. The molecule has 1 aromatic carbocycles. The van der Waals surface area contributed by atoms with Gasteiger partial charge in [0.15, 0.2) is 5.69 Å². The van der Waals surface area contributed by atoms with Crippen molar-refractivity contribution in [3.63, 3.8) is 0 Å². The zero-order valence-electron chi connectivity index (χ0n) is 15.4. The molecular weight excluding hydrogens is 366 g/mol. The highest BCUT2D eigenvalue weighted by Gasteiger charge is 2.18. The van der Waals surface area contributed by atoms with Gasteiger partial charge in [0.25, 0.3) is 5.91 Å². The summed E-state index contributed by atoms with van der Waals surface area (Å²) < 4.78 is 6.69. The van der Waals surface area contributed by atoms with Crippen molar-refractivity contribution in [2.75, 3.05) is 12.4 Å². The number of rotatable bonds is 5. The molecule has 0 aliphatic heterocycles. The van der Waals surface area contributed by atoms with E-state index < -0.39 is 11.9 Å². The molecule has 1 amide bonds. The Hall–Kier alpha value is -3.13. The van der Waals surface area contributed by atoms with Crippen molar-refractivity contribution in [3.05, 3.63) is 51.3 Å². The summed E-state index contributed by atoms with van der Waals surface area (Å²) in [6.45, 7) is 4.07. The number of amides is 1. The molecule has 0 saturated heterocycles. The Morgan fingerprint density at radius 2 is 1.96 bits per heavy atom. The summed E-state index contributed by atoms with van der Waals surface area (Å²) in [5, 5.41) is 16.2. The fraction of sp³-hybridized carbons (Fsp3) is 0.211. The van der Waals surface area contributed by atoms with E-state index in [-0.39, 0.29) is 17.0 Å². The van der Waals surface area contributed by atoms with E-state index in [0.29, 0.717) is 5.69 Å². The molecule has 7 nitrogen and oxygen atoms in total. The lowest BCUT2D eigenvalue weighted by Crippen LogP contribution is -2.13. The molecular formula is C19H19N3O4S. The Morgan fingerprint density at radius 3 is 2.56 bits per heavy atom. The molecule has 3 rings (SSSR count). The molecule has 2 aromatic heterocycles. The van der Waals surface area contributed by atoms with Crippen molar-refractivity contribution in [2.24, 2.45) is 7.05 Å². The van der Waals surface area contributed by atoms with Crippen molar-refractivity contribution in [2.45, 2.75) is 13.8 Å². The summed E-state index contributed by atoms with van der Waals surface area (Å²) in [4.78, 5) is 26.2. The van der Waals surface area contributed by atoms with Gasteiger partial charge in [-0.1, -0.05) is 0 Å². The van der Waals surface area contributed by atoms with Crippen LogP contribution in [-0.4, -0.2) is 33.9 Å². The quantitative estimate of drug-likeness (QED) is 0.698. The Bertz CT molecular complexity index is 1040. The van der Waals surface area contributed by atoms with Crippen LogP contribution in [0.2, 0.25) is 0 Å². The Balaban J connectivity index is 1.87. The van der Waals surface area contributed by atoms with E-state index in [4.69, 9.17) is 4.74 Å². The van der Waals surface area contributed by atoms with Crippen molar-refractivity contribution < 1.29 is 19.4 Å². The van der Waals surface area contributed by atoms with Crippen LogP contribution in [-0.2, 0) is 7.05 Å². The van der Waals surface area contributed by atoms with E-state index in [1.165, 1.54) is 24.1 Å². The fourth-order valence-electron chi connectivity index (χ4n) is 2.86. The molecule has 0 saturated carbocycles. The van der Waals surface area contributed by atoms with Gasteiger partial charge in [0, 0.05) is 28.1 Å². The van der Waals surface area contributed by atoms with Gasteiger partial charge in [-0.25, -0.2) is 4.79 Å². The summed E-state index contributed by atoms with van der Waals surface area (Å²) in [6, 6.07) is 8.24. The SMILES string of the molecule is COc1ccc(NC(=O)c2cc(-c3cc(C)sc3C)n(C)n2)cc1C(=O)O. The van der Waals surface area contributed by atoms with Crippen LogP contribution in [0, 0.1) is 13.8 Å². The molecule has 0 radical (unpaired) electrons. The number of nitrogens with zero attached hydrogens (tertiary/aromatic N) is 2. The van der Waals surface area contributed by atoms with Gasteiger partial charge in [-0.15, -0.1) is 11.3 Å². The number of thiophene rings is 1. The van der Waals surface area contributed by atoms with Gasteiger partial charge >= 0.3 is 5.97 Å². The summed E-state index contributed by atoms with van der Waals surface area (Å²) in [5.74, 6) is -1.32. The highest BCUT2D eigenvalue weighted by atomic mass is 32.1. The average Bonchev–Trinajstić information content (AvgIpc) is 3.16. The van der Waals surface area contributed by atoms with E-state index in [0.717, 1.165) is 16.1 Å². The van der Waals surface area contributed by atoms with Crippen LogP contribution in [0.1, 0.15) is 30.6 Å². The summed E-state index contributed by atoms with van der Waals surface area (Å²) in [7, 11) is 3.18. The third-order valence-electron chi connectivity index (χ3n) is 4.12. The number of benzene rings is 1. The highest BCUT2D eigenvalue weighted by Crippen LogP contribution is 2.31. The normalized spacial score (nSPS) is 10.7. The minimum absolute atomic E-state index is 0.0265. The van der Waals surface area contributed by atoms with Gasteiger partial charge in [-0.05, 0) is 44.2 Å². The molecule has 2 heterocycles. The minimum atomic E-state index is -1.13. The molecule has 0 bridgehead atoms. The number of aromatic carboxylic acids is 1. The van der Waals surface area contributed by atoms with E-state index in [2.05, 4.69) is 16.5 Å². The molecule has 27 heavy (non-hydrogen) atoms. The van der Waals surface area contributed by atoms with Crippen LogP contribution in [0.4, 0.5) is 5.69 Å². The van der Waals surface area contributed by atoms with Crippen LogP contribution in [0.5, 0.6) is 5.75 Å². The van der Waals surface area contributed by atoms with Gasteiger partial charge < -0.3 is 15.2 Å². The maximum absolute atomic E-state index is 12.6. The number of carbonyl (C=O) groups is 2. The Labute approximate surface area is 160 Å². The van der Waals surface area contributed by atoms with Crippen LogP contribution in [0.25, 0.3) is 11.3 Å². The maximum atomic E-state index is 12.6. The first-order valence-electron chi connectivity index (χ1n) is 8.14. The second-order valence-corrected chi connectivity index (χ2v) is 7.50. The average molecular weight is 385 g/mol. The topological polar surface area (TPSA) is 93.5 Å². The predicted octanol–water partition coefficient (Wildman–Crippen LogP) is 3.72. The maximum Gasteiger partial charge on any atom is 0.339 e. The third-order valence-corrected chi connectivity index (χ3v) is 5.08. The van der Waals surface area contributed by atoms with E-state index in [1.807, 2.05) is 13.8 Å². The van der Waals surface area contributed by atoms with Gasteiger partial charge in [0.1, 0.15) is 11.3 Å². The van der Waals surface area contributed by atoms with Crippen LogP contribution in [0.15, 0.2) is 30.3 Å². The first-order valence-corrected chi connectivity index (χ1v) is 8.96. The predicted molar refractivity (Wildman–Crippen MR) is 104 cm³/mol. The number of methoxy groups -OCH3 is 1. The fourth-order valence-corrected chi connectivity index (χ4v) is 3.80. The number of aromatic nitrogens is 2. The van der Waals surface area contributed by atoms with E-state index in [9.17, 15) is 14.7 Å². The minimum Gasteiger partial charge on any atom is -0.496 e.